The Bertz CT molecular complexity index is 986. The third kappa shape index (κ3) is 4.03. The van der Waals surface area contributed by atoms with Crippen LogP contribution in [-0.4, -0.2) is 79.5 Å². The van der Waals surface area contributed by atoms with Crippen LogP contribution >= 0.6 is 0 Å². The predicted molar refractivity (Wildman–Crippen MR) is 98.8 cm³/mol. The number of benzene rings is 1. The largest absolute Gasteiger partial charge is 0.476 e. The number of aliphatic hydroxyl groups is 5. The molecule has 30 heavy (non-hydrogen) atoms. The van der Waals surface area contributed by atoms with Crippen LogP contribution in [0, 0.1) is 6.92 Å². The molecular formula is C19H22O11. The van der Waals surface area contributed by atoms with Crippen LogP contribution in [0.1, 0.15) is 12.0 Å². The van der Waals surface area contributed by atoms with Crippen molar-refractivity contribution in [3.05, 3.63) is 40.2 Å². The zero-order valence-corrected chi connectivity index (χ0v) is 15.8. The predicted octanol–water partition coefficient (Wildman–Crippen LogP) is -1.51. The van der Waals surface area contributed by atoms with Crippen molar-refractivity contribution in [1.29, 1.82) is 0 Å². The molecule has 164 valence electrons. The summed E-state index contributed by atoms with van der Waals surface area (Å²) in [6.45, 7) is 0.798. The second kappa shape index (κ2) is 8.30. The molecule has 1 fully saturated rings. The van der Waals surface area contributed by atoms with E-state index >= 15 is 0 Å². The molecule has 3 rings (SSSR count). The Balaban J connectivity index is 1.99. The van der Waals surface area contributed by atoms with Crippen molar-refractivity contribution in [3.63, 3.8) is 0 Å². The summed E-state index contributed by atoms with van der Waals surface area (Å²) in [7, 11) is 0. The van der Waals surface area contributed by atoms with Crippen molar-refractivity contribution in [2.24, 2.45) is 0 Å². The van der Waals surface area contributed by atoms with Crippen molar-refractivity contribution < 1.29 is 49.3 Å². The highest BCUT2D eigenvalue weighted by Crippen LogP contribution is 2.35. The van der Waals surface area contributed by atoms with Gasteiger partial charge in [0, 0.05) is 17.5 Å². The molecule has 1 aromatic heterocycles. The number of carbonyl (C=O) groups is 1. The van der Waals surface area contributed by atoms with Crippen molar-refractivity contribution in [1.82, 2.24) is 0 Å². The number of aryl methyl sites for hydroxylation is 1. The summed E-state index contributed by atoms with van der Waals surface area (Å²) < 4.78 is 15.9. The van der Waals surface area contributed by atoms with Gasteiger partial charge < -0.3 is 44.5 Å². The van der Waals surface area contributed by atoms with E-state index < -0.39 is 60.9 Å². The van der Waals surface area contributed by atoms with E-state index in [1.54, 1.807) is 6.92 Å². The number of aliphatic carboxylic acids is 1. The molecule has 0 aliphatic carbocycles. The topological polar surface area (TPSA) is 187 Å². The molecule has 1 aliphatic heterocycles. The third-order valence-electron chi connectivity index (χ3n) is 4.98. The second-order valence-corrected chi connectivity index (χ2v) is 7.15. The van der Waals surface area contributed by atoms with Crippen LogP contribution < -0.4 is 10.4 Å². The van der Waals surface area contributed by atoms with Gasteiger partial charge in [-0.1, -0.05) is 0 Å². The minimum Gasteiger partial charge on any atom is -0.476 e. The average Bonchev–Trinajstić information content (AvgIpc) is 2.68. The molecule has 6 atom stereocenters. The maximum atomic E-state index is 12.0. The number of carboxylic acids is 1. The first-order valence-corrected chi connectivity index (χ1v) is 9.06. The number of rotatable bonds is 6. The molecule has 0 radical (unpaired) electrons. The Morgan fingerprint density at radius 2 is 2.00 bits per heavy atom. The van der Waals surface area contributed by atoms with Crippen molar-refractivity contribution in [2.75, 3.05) is 6.61 Å². The Labute approximate surface area is 169 Å². The number of carboxylic acid groups (broad SMARTS) is 1. The number of hydrogen-bond donors (Lipinski definition) is 6. The van der Waals surface area contributed by atoms with Gasteiger partial charge in [0.25, 0.3) is 0 Å². The molecule has 6 N–H and O–H groups in total. The summed E-state index contributed by atoms with van der Waals surface area (Å²) >= 11 is 0. The average molecular weight is 426 g/mol. The minimum atomic E-state index is -2.54. The molecule has 2 heterocycles. The third-order valence-corrected chi connectivity index (χ3v) is 4.98. The normalized spacial score (nSPS) is 28.8. The number of fused-ring (bicyclic) bond motifs is 1. The summed E-state index contributed by atoms with van der Waals surface area (Å²) in [5, 5.41) is 59.4. The monoisotopic (exact) mass is 426 g/mol. The summed E-state index contributed by atoms with van der Waals surface area (Å²) in [5.74, 6) is -4.30. The Morgan fingerprint density at radius 3 is 2.63 bits per heavy atom. The molecule has 0 bridgehead atoms. The molecule has 1 aromatic carbocycles. The lowest BCUT2D eigenvalue weighted by atomic mass is 9.90. The van der Waals surface area contributed by atoms with Gasteiger partial charge >= 0.3 is 17.4 Å². The molecular weight excluding hydrogens is 404 g/mol. The van der Waals surface area contributed by atoms with Gasteiger partial charge in [0.2, 0.25) is 0 Å². The quantitative estimate of drug-likeness (QED) is 0.295. The summed E-state index contributed by atoms with van der Waals surface area (Å²) in [5.41, 5.74) is 0.148. The molecule has 1 aliphatic rings. The Kier molecular flexibility index (Phi) is 6.13. The summed E-state index contributed by atoms with van der Waals surface area (Å²) in [6.07, 6.45) is -9.63. The van der Waals surface area contributed by atoms with Crippen LogP contribution in [0.2, 0.25) is 0 Å². The zero-order chi connectivity index (χ0) is 22.2. The van der Waals surface area contributed by atoms with E-state index in [1.165, 1.54) is 24.3 Å². The van der Waals surface area contributed by atoms with Gasteiger partial charge in [0.15, 0.2) is 0 Å². The summed E-state index contributed by atoms with van der Waals surface area (Å²) in [6, 6.07) is 5.49. The molecule has 0 spiro atoms. The lowest BCUT2D eigenvalue weighted by Gasteiger charge is -2.44. The van der Waals surface area contributed by atoms with Gasteiger partial charge in [-0.05, 0) is 24.6 Å². The van der Waals surface area contributed by atoms with E-state index in [0.717, 1.165) is 0 Å². The van der Waals surface area contributed by atoms with E-state index in [9.17, 15) is 35.1 Å². The van der Waals surface area contributed by atoms with Crippen LogP contribution in [0.3, 0.4) is 0 Å². The first-order chi connectivity index (χ1) is 14.1. The smallest absolute Gasteiger partial charge is 0.377 e. The molecule has 2 aromatic rings. The molecule has 1 saturated heterocycles. The highest BCUT2D eigenvalue weighted by atomic mass is 16.7. The maximum absolute atomic E-state index is 12.0. The fourth-order valence-electron chi connectivity index (χ4n) is 3.36. The summed E-state index contributed by atoms with van der Waals surface area (Å²) in [4.78, 5) is 23.6. The lowest BCUT2D eigenvalue weighted by Crippen LogP contribution is -2.65. The number of ether oxygens (including phenoxy) is 2. The number of hydrogen-bond acceptors (Lipinski definition) is 10. The van der Waals surface area contributed by atoms with Crippen molar-refractivity contribution in [3.8, 4) is 5.75 Å². The van der Waals surface area contributed by atoms with E-state index in [2.05, 4.69) is 0 Å². The highest BCUT2D eigenvalue weighted by Gasteiger charge is 2.56. The fraction of sp³-hybridized carbons (Fsp3) is 0.474. The zero-order valence-electron chi connectivity index (χ0n) is 15.8. The highest BCUT2D eigenvalue weighted by molar-refractivity contribution is 5.82. The second-order valence-electron chi connectivity index (χ2n) is 7.15. The SMILES string of the molecule is Cc1cc(=O)oc2cc(OC3(C(=O)O)CC(O)C(O)C([C@H](O)[C@H](O)CO)O3)ccc12. The van der Waals surface area contributed by atoms with Gasteiger partial charge in [-0.3, -0.25) is 0 Å². The molecule has 11 nitrogen and oxygen atoms in total. The number of aliphatic hydroxyl groups excluding tert-OH is 5. The molecule has 4 unspecified atom stereocenters. The van der Waals surface area contributed by atoms with Crippen molar-refractivity contribution >= 4 is 16.9 Å². The van der Waals surface area contributed by atoms with E-state index in [4.69, 9.17) is 19.0 Å². The van der Waals surface area contributed by atoms with Gasteiger partial charge in [-0.2, -0.15) is 0 Å². The fourth-order valence-corrected chi connectivity index (χ4v) is 3.36. The molecule has 0 saturated carbocycles. The maximum Gasteiger partial charge on any atom is 0.377 e. The van der Waals surface area contributed by atoms with Gasteiger partial charge in [-0.15, -0.1) is 0 Å². The van der Waals surface area contributed by atoms with Gasteiger partial charge in [0.1, 0.15) is 35.7 Å². The van der Waals surface area contributed by atoms with E-state index in [-0.39, 0.29) is 11.3 Å². The van der Waals surface area contributed by atoms with Crippen LogP contribution in [0.25, 0.3) is 11.0 Å². The van der Waals surface area contributed by atoms with Crippen LogP contribution in [0.5, 0.6) is 5.75 Å². The van der Waals surface area contributed by atoms with E-state index in [0.29, 0.717) is 10.9 Å². The lowest BCUT2D eigenvalue weighted by molar-refractivity contribution is -0.303. The van der Waals surface area contributed by atoms with Crippen LogP contribution in [-0.2, 0) is 9.53 Å². The first-order valence-electron chi connectivity index (χ1n) is 9.06. The molecule has 11 heteroatoms. The van der Waals surface area contributed by atoms with Crippen LogP contribution in [0.4, 0.5) is 0 Å². The minimum absolute atomic E-state index is 0.0850. The molecule has 0 amide bonds. The van der Waals surface area contributed by atoms with Gasteiger partial charge in [-0.25, -0.2) is 9.59 Å². The first kappa shape index (κ1) is 22.2. The standard InChI is InChI=1S/C19H22O11/c1-8-4-14(23)28-13-5-9(2-3-10(8)13)29-19(18(26)27)6-11(21)15(24)17(30-19)16(25)12(22)7-20/h2-5,11-12,15-17,20-22,24-25H,6-7H2,1H3,(H,26,27)/t11?,12-,15?,16-,17?,19?/m1/s1. The van der Waals surface area contributed by atoms with Crippen LogP contribution in [0.15, 0.2) is 33.5 Å². The Hall–Kier alpha value is -2.54. The van der Waals surface area contributed by atoms with Crippen molar-refractivity contribution in [2.45, 2.75) is 49.7 Å². The van der Waals surface area contributed by atoms with Gasteiger partial charge in [0.05, 0.1) is 19.1 Å². The van der Waals surface area contributed by atoms with E-state index in [1.807, 2.05) is 0 Å². The Morgan fingerprint density at radius 1 is 1.30 bits per heavy atom.